The van der Waals surface area contributed by atoms with Gasteiger partial charge < -0.3 is 15.4 Å². The molecular formula is C14H9NO5S. The van der Waals surface area contributed by atoms with Gasteiger partial charge in [0.25, 0.3) is 0 Å². The van der Waals surface area contributed by atoms with Gasteiger partial charge in [0.1, 0.15) is 5.75 Å². The fourth-order valence-corrected chi connectivity index (χ4v) is 2.92. The van der Waals surface area contributed by atoms with Crippen LogP contribution < -0.4 is 5.73 Å². The number of aromatic hydroxyl groups is 1. The van der Waals surface area contributed by atoms with E-state index in [2.05, 4.69) is 0 Å². The van der Waals surface area contributed by atoms with Crippen LogP contribution in [-0.2, 0) is 11.1 Å². The molecule has 0 aliphatic heterocycles. The number of benzene rings is 2. The number of ketones is 2. The minimum absolute atomic E-state index is 0.155. The van der Waals surface area contributed by atoms with Gasteiger partial charge >= 0.3 is 0 Å². The van der Waals surface area contributed by atoms with E-state index >= 15 is 0 Å². The van der Waals surface area contributed by atoms with Crippen molar-refractivity contribution in [3.63, 3.8) is 0 Å². The molecule has 1 aliphatic carbocycles. The third-order valence-corrected chi connectivity index (χ3v) is 4.08. The Balaban J connectivity index is 2.41. The zero-order valence-corrected chi connectivity index (χ0v) is 11.3. The third kappa shape index (κ3) is 1.78. The quantitative estimate of drug-likeness (QED) is 0.354. The number of anilines is 1. The average molecular weight is 303 g/mol. The molecule has 4 N–H and O–H groups in total. The van der Waals surface area contributed by atoms with Crippen molar-refractivity contribution in [2.75, 3.05) is 5.73 Å². The highest BCUT2D eigenvalue weighted by molar-refractivity contribution is 7.79. The highest BCUT2D eigenvalue weighted by atomic mass is 32.2. The molecule has 0 saturated heterocycles. The van der Waals surface area contributed by atoms with Crippen LogP contribution in [-0.4, -0.2) is 25.4 Å². The number of nitrogens with two attached hydrogens (primary N) is 1. The number of hydrogen-bond acceptors (Lipinski definition) is 5. The number of hydrogen-bond donors (Lipinski definition) is 3. The lowest BCUT2D eigenvalue weighted by Gasteiger charge is -2.20. The van der Waals surface area contributed by atoms with Gasteiger partial charge in [0.15, 0.2) is 22.6 Å². The van der Waals surface area contributed by atoms with Crippen LogP contribution >= 0.6 is 0 Å². The first-order valence-electron chi connectivity index (χ1n) is 5.88. The lowest BCUT2D eigenvalue weighted by Crippen LogP contribution is -2.23. The number of carbonyl (C=O) groups is 2. The second-order valence-electron chi connectivity index (χ2n) is 4.51. The summed E-state index contributed by atoms with van der Waals surface area (Å²) < 4.78 is 20.4. The van der Waals surface area contributed by atoms with Gasteiger partial charge in [-0.05, 0) is 0 Å². The van der Waals surface area contributed by atoms with Gasteiger partial charge in [-0.3, -0.25) is 9.59 Å². The summed E-state index contributed by atoms with van der Waals surface area (Å²) >= 11 is -2.48. The molecule has 106 valence electrons. The van der Waals surface area contributed by atoms with Crippen LogP contribution in [0.5, 0.6) is 5.75 Å². The van der Waals surface area contributed by atoms with Crippen molar-refractivity contribution in [2.24, 2.45) is 0 Å². The molecule has 1 atom stereocenters. The van der Waals surface area contributed by atoms with Gasteiger partial charge in [-0.25, -0.2) is 4.21 Å². The van der Waals surface area contributed by atoms with Crippen molar-refractivity contribution < 1.29 is 23.5 Å². The Labute approximate surface area is 121 Å². The summed E-state index contributed by atoms with van der Waals surface area (Å²) in [5.74, 6) is -1.63. The number of phenolic OH excluding ortho intramolecular Hbond substituents is 1. The highest BCUT2D eigenvalue weighted by Gasteiger charge is 2.35. The Kier molecular flexibility index (Phi) is 2.89. The van der Waals surface area contributed by atoms with Crippen molar-refractivity contribution in [2.45, 2.75) is 4.90 Å². The van der Waals surface area contributed by atoms with Crippen molar-refractivity contribution >= 4 is 28.3 Å². The Morgan fingerprint density at radius 2 is 1.52 bits per heavy atom. The molecule has 1 aliphatic rings. The molecule has 6 nitrogen and oxygen atoms in total. The van der Waals surface area contributed by atoms with Crippen LogP contribution in [0.4, 0.5) is 5.69 Å². The van der Waals surface area contributed by atoms with E-state index in [1.807, 2.05) is 0 Å². The minimum atomic E-state index is -2.48. The molecule has 0 radical (unpaired) electrons. The van der Waals surface area contributed by atoms with E-state index in [-0.39, 0.29) is 32.8 Å². The molecular weight excluding hydrogens is 294 g/mol. The SMILES string of the molecule is Nc1c(S(=O)O)cc(O)c2c1C(=O)c1ccccc1C2=O. The number of fused-ring (bicyclic) bond motifs is 2. The van der Waals surface area contributed by atoms with Gasteiger partial charge in [0, 0.05) is 17.2 Å². The maximum absolute atomic E-state index is 12.5. The lowest BCUT2D eigenvalue weighted by atomic mass is 9.83. The molecule has 0 amide bonds. The molecule has 0 aromatic heterocycles. The van der Waals surface area contributed by atoms with Crippen LogP contribution in [0.1, 0.15) is 31.8 Å². The lowest BCUT2D eigenvalue weighted by molar-refractivity contribution is 0.0977. The Hall–Kier alpha value is -2.51. The number of rotatable bonds is 1. The summed E-state index contributed by atoms with van der Waals surface area (Å²) in [5, 5.41) is 9.95. The summed E-state index contributed by atoms with van der Waals surface area (Å²) in [7, 11) is 0. The molecule has 21 heavy (non-hydrogen) atoms. The van der Waals surface area contributed by atoms with Crippen molar-refractivity contribution in [1.29, 1.82) is 0 Å². The second-order valence-corrected chi connectivity index (χ2v) is 5.45. The first kappa shape index (κ1) is 13.5. The van der Waals surface area contributed by atoms with E-state index in [0.29, 0.717) is 0 Å². The van der Waals surface area contributed by atoms with E-state index in [1.54, 1.807) is 12.1 Å². The predicted octanol–water partition coefficient (Wildman–Crippen LogP) is 1.33. The van der Waals surface area contributed by atoms with Crippen LogP contribution in [0.15, 0.2) is 35.2 Å². The van der Waals surface area contributed by atoms with Crippen molar-refractivity contribution in [3.05, 3.63) is 52.6 Å². The highest BCUT2D eigenvalue weighted by Crippen LogP contribution is 2.38. The van der Waals surface area contributed by atoms with Gasteiger partial charge in [-0.2, -0.15) is 0 Å². The van der Waals surface area contributed by atoms with Gasteiger partial charge in [-0.1, -0.05) is 24.3 Å². The summed E-state index contributed by atoms with van der Waals surface area (Å²) in [6.07, 6.45) is 0. The van der Waals surface area contributed by atoms with E-state index in [0.717, 1.165) is 6.07 Å². The summed E-state index contributed by atoms with van der Waals surface area (Å²) in [4.78, 5) is 24.6. The number of nitrogen functional groups attached to an aromatic ring is 1. The fourth-order valence-electron chi connectivity index (χ4n) is 2.42. The molecule has 3 rings (SSSR count). The topological polar surface area (TPSA) is 118 Å². The molecule has 0 saturated carbocycles. The fraction of sp³-hybridized carbons (Fsp3) is 0. The molecule has 1 unspecified atom stereocenters. The van der Waals surface area contributed by atoms with E-state index < -0.39 is 28.4 Å². The van der Waals surface area contributed by atoms with E-state index in [4.69, 9.17) is 10.3 Å². The average Bonchev–Trinajstić information content (AvgIpc) is 2.46. The monoisotopic (exact) mass is 303 g/mol. The van der Waals surface area contributed by atoms with Gasteiger partial charge in [-0.15, -0.1) is 0 Å². The predicted molar refractivity (Wildman–Crippen MR) is 74.9 cm³/mol. The van der Waals surface area contributed by atoms with E-state index in [9.17, 15) is 18.9 Å². The Morgan fingerprint density at radius 1 is 1.00 bits per heavy atom. The molecule has 0 heterocycles. The zero-order chi connectivity index (χ0) is 15.3. The third-order valence-electron chi connectivity index (χ3n) is 3.37. The summed E-state index contributed by atoms with van der Waals surface area (Å²) in [6.45, 7) is 0. The van der Waals surface area contributed by atoms with Gasteiger partial charge in [0.2, 0.25) is 0 Å². The maximum atomic E-state index is 12.5. The smallest absolute Gasteiger partial charge is 0.198 e. The van der Waals surface area contributed by atoms with Crippen molar-refractivity contribution in [3.8, 4) is 5.75 Å². The normalized spacial score (nSPS) is 14.5. The molecule has 0 bridgehead atoms. The first-order valence-corrected chi connectivity index (χ1v) is 6.99. The van der Waals surface area contributed by atoms with Crippen LogP contribution in [0, 0.1) is 0 Å². The molecule has 7 heteroatoms. The van der Waals surface area contributed by atoms with Crippen molar-refractivity contribution in [1.82, 2.24) is 0 Å². The maximum Gasteiger partial charge on any atom is 0.198 e. The zero-order valence-electron chi connectivity index (χ0n) is 10.5. The molecule has 2 aromatic rings. The van der Waals surface area contributed by atoms with Crippen LogP contribution in [0.25, 0.3) is 0 Å². The van der Waals surface area contributed by atoms with Crippen LogP contribution in [0.2, 0.25) is 0 Å². The Morgan fingerprint density at radius 3 is 2.05 bits per heavy atom. The van der Waals surface area contributed by atoms with Crippen LogP contribution in [0.3, 0.4) is 0 Å². The number of carbonyl (C=O) groups excluding carboxylic acids is 2. The number of phenols is 1. The first-order chi connectivity index (χ1) is 9.93. The molecule has 0 spiro atoms. The van der Waals surface area contributed by atoms with E-state index in [1.165, 1.54) is 12.1 Å². The Bertz CT molecular complexity index is 843. The largest absolute Gasteiger partial charge is 0.507 e. The molecule has 2 aromatic carbocycles. The second kappa shape index (κ2) is 4.51. The summed E-state index contributed by atoms with van der Waals surface area (Å²) in [6, 6.07) is 7.08. The van der Waals surface area contributed by atoms with Gasteiger partial charge in [0.05, 0.1) is 21.7 Å². The standard InChI is InChI=1S/C14H9NO5S/c15-12-9(21(19)20)5-8(16)10-11(12)14(18)7-4-2-1-3-6(7)13(10)17/h1-5,16H,15H2,(H,19,20). The minimum Gasteiger partial charge on any atom is -0.507 e. The molecule has 0 fully saturated rings. The summed E-state index contributed by atoms with van der Waals surface area (Å²) in [5.41, 5.74) is 5.35.